The summed E-state index contributed by atoms with van der Waals surface area (Å²) in [6.07, 6.45) is 2.26. The minimum absolute atomic E-state index is 0.0737. The smallest absolute Gasteiger partial charge is 0.230 e. The fourth-order valence-corrected chi connectivity index (χ4v) is 2.69. The number of amides is 1. The van der Waals surface area contributed by atoms with Gasteiger partial charge in [0.2, 0.25) is 5.91 Å². The monoisotopic (exact) mass is 305 g/mol. The predicted molar refractivity (Wildman–Crippen MR) is 79.0 cm³/mol. The molecule has 2 N–H and O–H groups in total. The van der Waals surface area contributed by atoms with E-state index >= 15 is 0 Å². The number of aliphatic hydroxyl groups is 1. The molecule has 110 valence electrons. The SMILES string of the molecule is O=C(NCC(O)c1ccco1)C1(c2cccc(Cl)c2)CC1. The van der Waals surface area contributed by atoms with E-state index in [0.29, 0.717) is 10.8 Å². The van der Waals surface area contributed by atoms with Gasteiger partial charge in [0.25, 0.3) is 0 Å². The van der Waals surface area contributed by atoms with Crippen molar-refractivity contribution < 1.29 is 14.3 Å². The number of aliphatic hydroxyl groups excluding tert-OH is 1. The minimum Gasteiger partial charge on any atom is -0.467 e. The van der Waals surface area contributed by atoms with Crippen LogP contribution in [-0.2, 0) is 10.2 Å². The minimum atomic E-state index is -0.834. The van der Waals surface area contributed by atoms with Crippen LogP contribution in [0.25, 0.3) is 0 Å². The number of hydrogen-bond acceptors (Lipinski definition) is 3. The number of carbonyl (C=O) groups is 1. The molecule has 1 aliphatic carbocycles. The standard InChI is InChI=1S/C16H16ClNO3/c17-12-4-1-3-11(9-12)16(6-7-16)15(20)18-10-13(19)14-5-2-8-21-14/h1-5,8-9,13,19H,6-7,10H2,(H,18,20). The second kappa shape index (κ2) is 5.54. The third-order valence-corrected chi connectivity index (χ3v) is 4.12. The molecule has 0 radical (unpaired) electrons. The van der Waals surface area contributed by atoms with Gasteiger partial charge >= 0.3 is 0 Å². The van der Waals surface area contributed by atoms with Crippen molar-refractivity contribution in [3.8, 4) is 0 Å². The molecule has 1 amide bonds. The van der Waals surface area contributed by atoms with E-state index in [1.807, 2.05) is 18.2 Å². The van der Waals surface area contributed by atoms with Crippen LogP contribution in [0.1, 0.15) is 30.3 Å². The number of nitrogens with one attached hydrogen (secondary N) is 1. The lowest BCUT2D eigenvalue weighted by Crippen LogP contribution is -2.37. The second-order valence-electron chi connectivity index (χ2n) is 5.33. The lowest BCUT2D eigenvalue weighted by atomic mass is 9.95. The summed E-state index contributed by atoms with van der Waals surface area (Å²) < 4.78 is 5.11. The van der Waals surface area contributed by atoms with Crippen LogP contribution in [0.4, 0.5) is 0 Å². The highest BCUT2D eigenvalue weighted by Gasteiger charge is 2.51. The molecule has 5 heteroatoms. The summed E-state index contributed by atoms with van der Waals surface area (Å²) >= 11 is 5.99. The molecular formula is C16H16ClNO3. The summed E-state index contributed by atoms with van der Waals surface area (Å²) in [5.74, 6) is 0.373. The number of halogens is 1. The fraction of sp³-hybridized carbons (Fsp3) is 0.312. The molecule has 1 saturated carbocycles. The van der Waals surface area contributed by atoms with Crippen LogP contribution in [0, 0.1) is 0 Å². The first-order valence-corrected chi connectivity index (χ1v) is 7.25. The van der Waals surface area contributed by atoms with Crippen molar-refractivity contribution in [1.82, 2.24) is 5.32 Å². The third kappa shape index (κ3) is 2.82. The van der Waals surface area contributed by atoms with Gasteiger partial charge in [-0.05, 0) is 42.7 Å². The molecule has 1 heterocycles. The van der Waals surface area contributed by atoms with Crippen LogP contribution in [0.15, 0.2) is 47.1 Å². The average Bonchev–Trinajstić information content (AvgIpc) is 3.12. The first-order valence-electron chi connectivity index (χ1n) is 6.88. The van der Waals surface area contributed by atoms with Gasteiger partial charge in [-0.15, -0.1) is 0 Å². The van der Waals surface area contributed by atoms with E-state index in [2.05, 4.69) is 5.32 Å². The quantitative estimate of drug-likeness (QED) is 0.893. The van der Waals surface area contributed by atoms with Gasteiger partial charge in [-0.25, -0.2) is 0 Å². The van der Waals surface area contributed by atoms with Crippen LogP contribution in [0.3, 0.4) is 0 Å². The van der Waals surface area contributed by atoms with Gasteiger partial charge in [0, 0.05) is 5.02 Å². The molecule has 1 aromatic heterocycles. The van der Waals surface area contributed by atoms with Gasteiger partial charge in [-0.3, -0.25) is 4.79 Å². The molecule has 1 aliphatic rings. The van der Waals surface area contributed by atoms with Crippen molar-refractivity contribution in [3.63, 3.8) is 0 Å². The molecule has 0 saturated heterocycles. The summed E-state index contributed by atoms with van der Waals surface area (Å²) in [5.41, 5.74) is 0.438. The van der Waals surface area contributed by atoms with Gasteiger partial charge in [0.15, 0.2) is 0 Å². The lowest BCUT2D eigenvalue weighted by Gasteiger charge is -2.17. The Hall–Kier alpha value is -1.78. The Bertz CT molecular complexity index is 635. The third-order valence-electron chi connectivity index (χ3n) is 3.89. The Kier molecular flexibility index (Phi) is 3.74. The van der Waals surface area contributed by atoms with Crippen molar-refractivity contribution in [1.29, 1.82) is 0 Å². The molecule has 1 aromatic carbocycles. The first-order chi connectivity index (χ1) is 10.1. The molecule has 3 rings (SSSR count). The molecule has 1 unspecified atom stereocenters. The highest BCUT2D eigenvalue weighted by Crippen LogP contribution is 2.48. The van der Waals surface area contributed by atoms with Crippen molar-refractivity contribution in [3.05, 3.63) is 59.0 Å². The van der Waals surface area contributed by atoms with Gasteiger partial charge in [-0.1, -0.05) is 23.7 Å². The molecular weight excluding hydrogens is 290 g/mol. The van der Waals surface area contributed by atoms with Gasteiger partial charge in [0.1, 0.15) is 11.9 Å². The van der Waals surface area contributed by atoms with Gasteiger partial charge < -0.3 is 14.8 Å². The second-order valence-corrected chi connectivity index (χ2v) is 5.77. The summed E-state index contributed by atoms with van der Waals surface area (Å²) in [7, 11) is 0. The maximum atomic E-state index is 12.4. The van der Waals surface area contributed by atoms with Crippen molar-refractivity contribution >= 4 is 17.5 Å². The van der Waals surface area contributed by atoms with E-state index in [1.54, 1.807) is 18.2 Å². The molecule has 1 fully saturated rings. The molecule has 0 aliphatic heterocycles. The van der Waals surface area contributed by atoms with E-state index in [-0.39, 0.29) is 12.5 Å². The highest BCUT2D eigenvalue weighted by atomic mass is 35.5. The zero-order chi connectivity index (χ0) is 14.9. The summed E-state index contributed by atoms with van der Waals surface area (Å²) in [4.78, 5) is 12.4. The van der Waals surface area contributed by atoms with Crippen molar-refractivity contribution in [2.45, 2.75) is 24.4 Å². The molecule has 0 bridgehead atoms. The predicted octanol–water partition coefficient (Wildman–Crippen LogP) is 2.81. The van der Waals surface area contributed by atoms with Crippen molar-refractivity contribution in [2.75, 3.05) is 6.54 Å². The Morgan fingerprint density at radius 2 is 2.19 bits per heavy atom. The van der Waals surface area contributed by atoms with E-state index in [9.17, 15) is 9.90 Å². The normalized spacial score (nSPS) is 17.2. The maximum absolute atomic E-state index is 12.4. The summed E-state index contributed by atoms with van der Waals surface area (Å²) in [6, 6.07) is 10.8. The fourth-order valence-electron chi connectivity index (χ4n) is 2.50. The molecule has 1 atom stereocenters. The summed E-state index contributed by atoms with van der Waals surface area (Å²) in [6.45, 7) is 0.134. The molecule has 2 aromatic rings. The average molecular weight is 306 g/mol. The highest BCUT2D eigenvalue weighted by molar-refractivity contribution is 6.30. The first kappa shape index (κ1) is 14.2. The van der Waals surface area contributed by atoms with Crippen LogP contribution in [-0.4, -0.2) is 17.6 Å². The number of benzene rings is 1. The van der Waals surface area contributed by atoms with E-state index in [4.69, 9.17) is 16.0 Å². The Morgan fingerprint density at radius 3 is 2.81 bits per heavy atom. The number of carbonyl (C=O) groups excluding carboxylic acids is 1. The van der Waals surface area contributed by atoms with Gasteiger partial charge in [0.05, 0.1) is 18.2 Å². The molecule has 21 heavy (non-hydrogen) atoms. The molecule has 4 nitrogen and oxygen atoms in total. The largest absolute Gasteiger partial charge is 0.467 e. The zero-order valence-electron chi connectivity index (χ0n) is 11.4. The number of hydrogen-bond donors (Lipinski definition) is 2. The Morgan fingerprint density at radius 1 is 1.38 bits per heavy atom. The van der Waals surface area contributed by atoms with E-state index in [0.717, 1.165) is 18.4 Å². The maximum Gasteiger partial charge on any atom is 0.230 e. The van der Waals surface area contributed by atoms with Crippen LogP contribution < -0.4 is 5.32 Å². The van der Waals surface area contributed by atoms with Crippen LogP contribution in [0.2, 0.25) is 5.02 Å². The topological polar surface area (TPSA) is 62.5 Å². The zero-order valence-corrected chi connectivity index (χ0v) is 12.1. The van der Waals surface area contributed by atoms with Crippen LogP contribution >= 0.6 is 11.6 Å². The van der Waals surface area contributed by atoms with Crippen LogP contribution in [0.5, 0.6) is 0 Å². The number of rotatable bonds is 5. The Balaban J connectivity index is 1.65. The van der Waals surface area contributed by atoms with Crippen molar-refractivity contribution in [2.24, 2.45) is 0 Å². The molecule has 0 spiro atoms. The Labute approximate surface area is 127 Å². The van der Waals surface area contributed by atoms with E-state index < -0.39 is 11.5 Å². The summed E-state index contributed by atoms with van der Waals surface area (Å²) in [5, 5.41) is 13.4. The van der Waals surface area contributed by atoms with E-state index in [1.165, 1.54) is 6.26 Å². The lowest BCUT2D eigenvalue weighted by molar-refractivity contribution is -0.124. The number of furan rings is 1. The van der Waals surface area contributed by atoms with Gasteiger partial charge in [-0.2, -0.15) is 0 Å².